The zero-order valence-corrected chi connectivity index (χ0v) is 14.8. The molecule has 0 aliphatic carbocycles. The number of carbonyl (C=O) groups excluding carboxylic acids is 1. The molecule has 0 aromatic heterocycles. The molecule has 1 atom stereocenters. The molecule has 0 radical (unpaired) electrons. The van der Waals surface area contributed by atoms with Gasteiger partial charge in [-0.1, -0.05) is 60.7 Å². The zero-order valence-electron chi connectivity index (χ0n) is 14.0. The Kier molecular flexibility index (Phi) is 5.50. The van der Waals surface area contributed by atoms with Crippen LogP contribution in [0.5, 0.6) is 0 Å². The van der Waals surface area contributed by atoms with Crippen molar-refractivity contribution in [3.63, 3.8) is 0 Å². The normalized spacial score (nSPS) is 19.0. The maximum atomic E-state index is 12.2. The summed E-state index contributed by atoms with van der Waals surface area (Å²) in [5, 5.41) is 4.83. The van der Waals surface area contributed by atoms with E-state index < -0.39 is 9.84 Å². The predicted octanol–water partition coefficient (Wildman–Crippen LogP) is 0.643. The lowest BCUT2D eigenvalue weighted by Gasteiger charge is -2.17. The van der Waals surface area contributed by atoms with Crippen LogP contribution in [0.25, 0.3) is 0 Å². The molecule has 132 valence electrons. The second-order valence-electron chi connectivity index (χ2n) is 6.41. The van der Waals surface area contributed by atoms with E-state index in [2.05, 4.69) is 29.6 Å². The Morgan fingerprint density at radius 1 is 1.04 bits per heavy atom. The van der Waals surface area contributed by atoms with Crippen molar-refractivity contribution in [1.82, 2.24) is 5.32 Å². The molecule has 0 unspecified atom stereocenters. The van der Waals surface area contributed by atoms with Crippen molar-refractivity contribution in [2.75, 3.05) is 18.1 Å². The van der Waals surface area contributed by atoms with Crippen LogP contribution in [-0.2, 0) is 14.6 Å². The number of sulfone groups is 1. The van der Waals surface area contributed by atoms with Gasteiger partial charge in [-0.25, -0.2) is 8.42 Å². The molecule has 1 aliphatic rings. The third kappa shape index (κ3) is 4.90. The topological polar surface area (TPSA) is 79.8 Å². The minimum atomic E-state index is -2.98. The fourth-order valence-electron chi connectivity index (χ4n) is 3.21. The van der Waals surface area contributed by atoms with E-state index in [1.165, 1.54) is 0 Å². The number of nitrogens with two attached hydrogens (primary N) is 1. The Hall–Kier alpha value is -2.18. The molecule has 6 heteroatoms. The third-order valence-corrected chi connectivity index (χ3v) is 6.22. The number of amides is 1. The number of quaternary nitrogens is 1. The number of hydrogen-bond acceptors (Lipinski definition) is 3. The summed E-state index contributed by atoms with van der Waals surface area (Å²) in [4.78, 5) is 12.2. The molecule has 1 amide bonds. The van der Waals surface area contributed by atoms with Gasteiger partial charge in [-0.3, -0.25) is 4.79 Å². The molecular weight excluding hydrogens is 336 g/mol. The second kappa shape index (κ2) is 7.80. The minimum Gasteiger partial charge on any atom is -0.347 e. The van der Waals surface area contributed by atoms with Gasteiger partial charge >= 0.3 is 0 Å². The highest BCUT2D eigenvalue weighted by molar-refractivity contribution is 7.91. The maximum absolute atomic E-state index is 12.2. The summed E-state index contributed by atoms with van der Waals surface area (Å²) in [5.41, 5.74) is 2.26. The molecule has 5 nitrogen and oxygen atoms in total. The highest BCUT2D eigenvalue weighted by Gasteiger charge is 2.29. The largest absolute Gasteiger partial charge is 0.347 e. The third-order valence-electron chi connectivity index (χ3n) is 4.45. The van der Waals surface area contributed by atoms with E-state index in [0.29, 0.717) is 6.42 Å². The number of hydrogen-bond donors (Lipinski definition) is 2. The van der Waals surface area contributed by atoms with Crippen LogP contribution >= 0.6 is 0 Å². The summed E-state index contributed by atoms with van der Waals surface area (Å²) in [7, 11) is -2.98. The summed E-state index contributed by atoms with van der Waals surface area (Å²) in [6, 6.07) is 19.9. The lowest BCUT2D eigenvalue weighted by molar-refractivity contribution is -0.676. The van der Waals surface area contributed by atoms with Gasteiger partial charge < -0.3 is 10.6 Å². The molecule has 1 heterocycles. The lowest BCUT2D eigenvalue weighted by atomic mass is 9.99. The second-order valence-corrected chi connectivity index (χ2v) is 8.64. The van der Waals surface area contributed by atoms with Crippen molar-refractivity contribution in [2.45, 2.75) is 18.5 Å². The summed E-state index contributed by atoms with van der Waals surface area (Å²) >= 11 is 0. The van der Waals surface area contributed by atoms with Crippen LogP contribution < -0.4 is 10.6 Å². The van der Waals surface area contributed by atoms with Crippen molar-refractivity contribution in [2.24, 2.45) is 0 Å². The summed E-state index contributed by atoms with van der Waals surface area (Å²) in [5.74, 6) is 0.0941. The van der Waals surface area contributed by atoms with Crippen LogP contribution in [-0.4, -0.2) is 38.4 Å². The van der Waals surface area contributed by atoms with Crippen LogP contribution in [0.1, 0.15) is 23.6 Å². The van der Waals surface area contributed by atoms with E-state index in [0.717, 1.165) is 11.1 Å². The molecule has 25 heavy (non-hydrogen) atoms. The van der Waals surface area contributed by atoms with Gasteiger partial charge in [0.15, 0.2) is 16.4 Å². The molecule has 3 N–H and O–H groups in total. The molecule has 0 bridgehead atoms. The quantitative estimate of drug-likeness (QED) is 0.794. The molecule has 3 rings (SSSR count). The number of nitrogens with one attached hydrogen (secondary N) is 1. The summed E-state index contributed by atoms with van der Waals surface area (Å²) in [6.45, 7) is 0.255. The molecular formula is C19H23N2O3S+. The molecule has 2 aromatic rings. The molecule has 1 saturated heterocycles. The van der Waals surface area contributed by atoms with Gasteiger partial charge in [0, 0.05) is 17.2 Å². The first kappa shape index (κ1) is 17.6. The van der Waals surface area contributed by atoms with Gasteiger partial charge in [-0.15, -0.1) is 0 Å². The van der Waals surface area contributed by atoms with Gasteiger partial charge in [-0.05, 0) is 6.42 Å². The van der Waals surface area contributed by atoms with E-state index in [1.807, 2.05) is 41.7 Å². The van der Waals surface area contributed by atoms with Gasteiger partial charge in [0.2, 0.25) is 0 Å². The van der Waals surface area contributed by atoms with Crippen LogP contribution in [0.4, 0.5) is 0 Å². The summed E-state index contributed by atoms with van der Waals surface area (Å²) < 4.78 is 23.0. The SMILES string of the molecule is O=C(C[NH2+]C(c1ccccc1)c1ccccc1)N[C@@H]1CCS(=O)(=O)C1. The predicted molar refractivity (Wildman–Crippen MR) is 96.7 cm³/mol. The Morgan fingerprint density at radius 3 is 2.08 bits per heavy atom. The first-order chi connectivity index (χ1) is 12.0. The van der Waals surface area contributed by atoms with Gasteiger partial charge in [0.1, 0.15) is 6.04 Å². The maximum Gasteiger partial charge on any atom is 0.275 e. The van der Waals surface area contributed by atoms with E-state index in [1.54, 1.807) is 0 Å². The summed E-state index contributed by atoms with van der Waals surface area (Å²) in [6.07, 6.45) is 0.509. The smallest absolute Gasteiger partial charge is 0.275 e. The van der Waals surface area contributed by atoms with Gasteiger partial charge in [-0.2, -0.15) is 0 Å². The molecule has 2 aromatic carbocycles. The van der Waals surface area contributed by atoms with Crippen molar-refractivity contribution < 1.29 is 18.5 Å². The highest BCUT2D eigenvalue weighted by atomic mass is 32.2. The van der Waals surface area contributed by atoms with Crippen LogP contribution in [0, 0.1) is 0 Å². The van der Waals surface area contributed by atoms with Gasteiger partial charge in [0.05, 0.1) is 11.5 Å². The number of benzene rings is 2. The average Bonchev–Trinajstić information content (AvgIpc) is 2.95. The first-order valence-corrected chi connectivity index (χ1v) is 10.3. The standard InChI is InChI=1S/C19H22N2O3S/c22-18(21-17-11-12-25(23,24)14-17)13-20-19(15-7-3-1-4-8-15)16-9-5-2-6-10-16/h1-10,17,19-20H,11-14H2,(H,21,22)/p+1/t17-/m1/s1. The average molecular weight is 359 g/mol. The van der Waals surface area contributed by atoms with Crippen molar-refractivity contribution in [1.29, 1.82) is 0 Å². The molecule has 1 fully saturated rings. The van der Waals surface area contributed by atoms with Crippen LogP contribution in [0.2, 0.25) is 0 Å². The Morgan fingerprint density at radius 2 is 1.60 bits per heavy atom. The first-order valence-electron chi connectivity index (χ1n) is 8.46. The number of carbonyl (C=O) groups is 1. The van der Waals surface area contributed by atoms with Crippen molar-refractivity contribution in [3.8, 4) is 0 Å². The Bertz CT molecular complexity index is 768. The molecule has 0 saturated carbocycles. The van der Waals surface area contributed by atoms with Crippen LogP contribution in [0.15, 0.2) is 60.7 Å². The minimum absolute atomic E-state index is 0.0282. The van der Waals surface area contributed by atoms with E-state index in [4.69, 9.17) is 0 Å². The fraction of sp³-hybridized carbons (Fsp3) is 0.316. The lowest BCUT2D eigenvalue weighted by Crippen LogP contribution is -2.88. The number of rotatable bonds is 6. The fourth-order valence-corrected chi connectivity index (χ4v) is 4.88. The van der Waals surface area contributed by atoms with E-state index >= 15 is 0 Å². The van der Waals surface area contributed by atoms with Crippen molar-refractivity contribution >= 4 is 15.7 Å². The Labute approximate surface area is 148 Å². The van der Waals surface area contributed by atoms with E-state index in [9.17, 15) is 13.2 Å². The molecule has 0 spiro atoms. The van der Waals surface area contributed by atoms with Gasteiger partial charge in [0.25, 0.3) is 5.91 Å². The van der Waals surface area contributed by atoms with Crippen LogP contribution in [0.3, 0.4) is 0 Å². The Balaban J connectivity index is 1.64. The molecule has 1 aliphatic heterocycles. The zero-order chi connectivity index (χ0) is 17.7. The highest BCUT2D eigenvalue weighted by Crippen LogP contribution is 2.17. The monoisotopic (exact) mass is 359 g/mol. The van der Waals surface area contributed by atoms with Crippen molar-refractivity contribution in [3.05, 3.63) is 71.8 Å². The van der Waals surface area contributed by atoms with E-state index in [-0.39, 0.29) is 36.0 Å².